The number of amides is 1. The van der Waals surface area contributed by atoms with Crippen LogP contribution in [0.3, 0.4) is 0 Å². The molecule has 168 valence electrons. The molecular weight excluding hydrogens is 434 g/mol. The lowest BCUT2D eigenvalue weighted by Gasteiger charge is -2.14. The lowest BCUT2D eigenvalue weighted by molar-refractivity contribution is -0.384. The number of carbonyl (C=O) groups excluding carboxylic acids is 1. The molecule has 2 aromatic carbocycles. The number of rotatable bonds is 9. The van der Waals surface area contributed by atoms with Crippen molar-refractivity contribution in [1.29, 1.82) is 0 Å². The maximum absolute atomic E-state index is 12.4. The predicted octanol–water partition coefficient (Wildman–Crippen LogP) is 3.91. The van der Waals surface area contributed by atoms with Crippen molar-refractivity contribution in [2.75, 3.05) is 18.2 Å². The van der Waals surface area contributed by atoms with Gasteiger partial charge in [-0.3, -0.25) is 14.9 Å². The van der Waals surface area contributed by atoms with Gasteiger partial charge in [-0.2, -0.15) is 0 Å². The number of ether oxygens (including phenoxy) is 2. The Hall–Kier alpha value is -3.60. The van der Waals surface area contributed by atoms with Crippen LogP contribution in [0.2, 0.25) is 0 Å². The summed E-state index contributed by atoms with van der Waals surface area (Å²) in [5.74, 6) is 1.79. The summed E-state index contributed by atoms with van der Waals surface area (Å²) < 4.78 is 12.8. The number of nitrogens with zero attached hydrogens (tertiary/aromatic N) is 4. The summed E-state index contributed by atoms with van der Waals surface area (Å²) in [7, 11) is 3.40. The average molecular weight is 458 g/mol. The predicted molar refractivity (Wildman–Crippen MR) is 120 cm³/mol. The van der Waals surface area contributed by atoms with Crippen LogP contribution in [0.15, 0.2) is 47.6 Å². The van der Waals surface area contributed by atoms with Crippen molar-refractivity contribution in [2.24, 2.45) is 7.05 Å². The van der Waals surface area contributed by atoms with E-state index in [9.17, 15) is 14.9 Å². The van der Waals surface area contributed by atoms with Gasteiger partial charge in [0.1, 0.15) is 11.5 Å². The van der Waals surface area contributed by atoms with Crippen LogP contribution in [-0.2, 0) is 11.8 Å². The normalized spacial score (nSPS) is 11.6. The summed E-state index contributed by atoms with van der Waals surface area (Å²) in [5, 5.41) is 22.6. The number of non-ortho nitro benzene ring substituents is 1. The van der Waals surface area contributed by atoms with Crippen LogP contribution in [0.4, 0.5) is 11.4 Å². The van der Waals surface area contributed by atoms with E-state index in [1.807, 2.05) is 31.2 Å². The molecule has 0 bridgehead atoms. The fourth-order valence-electron chi connectivity index (χ4n) is 2.89. The van der Waals surface area contributed by atoms with E-state index < -0.39 is 4.92 Å². The highest BCUT2D eigenvalue weighted by Gasteiger charge is 2.18. The first-order valence-electron chi connectivity index (χ1n) is 9.66. The third-order valence-electron chi connectivity index (χ3n) is 4.64. The van der Waals surface area contributed by atoms with Gasteiger partial charge in [0.15, 0.2) is 17.1 Å². The Morgan fingerprint density at radius 3 is 2.56 bits per heavy atom. The molecule has 1 heterocycles. The van der Waals surface area contributed by atoms with Crippen LogP contribution < -0.4 is 14.8 Å². The second kappa shape index (κ2) is 10.1. The summed E-state index contributed by atoms with van der Waals surface area (Å²) in [6.07, 6.45) is -0.364. The molecule has 11 heteroatoms. The van der Waals surface area contributed by atoms with Gasteiger partial charge in [0.05, 0.1) is 23.5 Å². The van der Waals surface area contributed by atoms with Crippen molar-refractivity contribution in [3.63, 3.8) is 0 Å². The Morgan fingerprint density at radius 1 is 1.22 bits per heavy atom. The molecule has 1 unspecified atom stereocenters. The van der Waals surface area contributed by atoms with Crippen LogP contribution in [0, 0.1) is 17.0 Å². The SMILES string of the molecule is COc1ccc(OC(C)c2nnc(SCC(=O)Nc3cc([N+](=O)[O-])ccc3C)n2C)cc1. The molecule has 10 nitrogen and oxygen atoms in total. The van der Waals surface area contributed by atoms with Gasteiger partial charge in [-0.25, -0.2) is 0 Å². The summed E-state index contributed by atoms with van der Waals surface area (Å²) in [5.41, 5.74) is 1.06. The number of nitro groups is 1. The number of aromatic nitrogens is 3. The standard InChI is InChI=1S/C21H23N5O5S/c1-13-5-6-15(26(28)29)11-18(13)22-19(27)12-32-21-24-23-20(25(21)3)14(2)31-17-9-7-16(30-4)8-10-17/h5-11,14H,12H2,1-4H3,(H,22,27). The van der Waals surface area contributed by atoms with E-state index in [1.165, 1.54) is 23.9 Å². The summed E-state index contributed by atoms with van der Waals surface area (Å²) in [4.78, 5) is 22.8. The molecule has 0 radical (unpaired) electrons. The van der Waals surface area contributed by atoms with E-state index in [2.05, 4.69) is 15.5 Å². The van der Waals surface area contributed by atoms with Crippen molar-refractivity contribution in [1.82, 2.24) is 14.8 Å². The van der Waals surface area contributed by atoms with Crippen molar-refractivity contribution >= 4 is 29.0 Å². The molecule has 1 amide bonds. The van der Waals surface area contributed by atoms with Crippen molar-refractivity contribution in [2.45, 2.75) is 25.1 Å². The third kappa shape index (κ3) is 5.55. The van der Waals surface area contributed by atoms with Gasteiger partial charge in [0, 0.05) is 19.2 Å². The fourth-order valence-corrected chi connectivity index (χ4v) is 3.61. The number of nitrogens with one attached hydrogen (secondary N) is 1. The topological polar surface area (TPSA) is 121 Å². The number of methoxy groups -OCH3 is 1. The first-order valence-corrected chi connectivity index (χ1v) is 10.6. The first kappa shape index (κ1) is 23.1. The minimum Gasteiger partial charge on any atom is -0.497 e. The maximum atomic E-state index is 12.4. The van der Waals surface area contributed by atoms with Gasteiger partial charge in [-0.05, 0) is 43.7 Å². The second-order valence-corrected chi connectivity index (χ2v) is 7.87. The molecule has 0 saturated carbocycles. The van der Waals surface area contributed by atoms with E-state index in [4.69, 9.17) is 9.47 Å². The van der Waals surface area contributed by atoms with E-state index in [0.717, 1.165) is 11.3 Å². The highest BCUT2D eigenvalue weighted by atomic mass is 32.2. The molecule has 1 aromatic heterocycles. The van der Waals surface area contributed by atoms with Crippen LogP contribution in [0.25, 0.3) is 0 Å². The summed E-state index contributed by atoms with van der Waals surface area (Å²) >= 11 is 1.21. The zero-order valence-corrected chi connectivity index (χ0v) is 18.9. The number of hydrogen-bond donors (Lipinski definition) is 1. The summed E-state index contributed by atoms with van der Waals surface area (Å²) in [6, 6.07) is 11.6. The van der Waals surface area contributed by atoms with Crippen LogP contribution in [0.1, 0.15) is 24.4 Å². The molecule has 1 atom stereocenters. The highest BCUT2D eigenvalue weighted by Crippen LogP contribution is 2.26. The zero-order valence-electron chi connectivity index (χ0n) is 18.1. The maximum Gasteiger partial charge on any atom is 0.271 e. The Balaban J connectivity index is 1.60. The van der Waals surface area contributed by atoms with Crippen molar-refractivity contribution < 1.29 is 19.2 Å². The number of aryl methyl sites for hydroxylation is 1. The molecule has 0 aliphatic carbocycles. The van der Waals surface area contributed by atoms with Crippen molar-refractivity contribution in [3.05, 3.63) is 64.0 Å². The van der Waals surface area contributed by atoms with Gasteiger partial charge in [-0.15, -0.1) is 10.2 Å². The van der Waals surface area contributed by atoms with Crippen LogP contribution >= 0.6 is 11.8 Å². The number of hydrogen-bond acceptors (Lipinski definition) is 8. The van der Waals surface area contributed by atoms with Crippen LogP contribution in [-0.4, -0.2) is 38.5 Å². The van der Waals surface area contributed by atoms with Crippen molar-refractivity contribution in [3.8, 4) is 11.5 Å². The van der Waals surface area contributed by atoms with E-state index in [0.29, 0.717) is 22.4 Å². The Labute approximate surface area is 189 Å². The largest absolute Gasteiger partial charge is 0.497 e. The Morgan fingerprint density at radius 2 is 1.91 bits per heavy atom. The highest BCUT2D eigenvalue weighted by molar-refractivity contribution is 7.99. The molecule has 1 N–H and O–H groups in total. The molecule has 0 saturated heterocycles. The minimum atomic E-state index is -0.500. The quantitative estimate of drug-likeness (QED) is 0.292. The minimum absolute atomic E-state index is 0.0713. The summed E-state index contributed by atoms with van der Waals surface area (Å²) in [6.45, 7) is 3.63. The smallest absolute Gasteiger partial charge is 0.271 e. The molecule has 3 aromatic rings. The number of thioether (sulfide) groups is 1. The number of nitro benzene ring substituents is 1. The van der Waals surface area contributed by atoms with E-state index >= 15 is 0 Å². The molecule has 0 fully saturated rings. The zero-order chi connectivity index (χ0) is 23.3. The molecule has 0 aliphatic heterocycles. The monoisotopic (exact) mass is 457 g/mol. The Bertz CT molecular complexity index is 1120. The van der Waals surface area contributed by atoms with Gasteiger partial charge >= 0.3 is 0 Å². The van der Waals surface area contributed by atoms with Crippen LogP contribution in [0.5, 0.6) is 11.5 Å². The van der Waals surface area contributed by atoms with E-state index in [1.54, 1.807) is 31.7 Å². The molecule has 32 heavy (non-hydrogen) atoms. The molecule has 0 aliphatic rings. The lowest BCUT2D eigenvalue weighted by atomic mass is 10.2. The molecule has 3 rings (SSSR count). The fraction of sp³-hybridized carbons (Fsp3) is 0.286. The molecule has 0 spiro atoms. The van der Waals surface area contributed by atoms with Gasteiger partial charge < -0.3 is 19.4 Å². The number of anilines is 1. The van der Waals surface area contributed by atoms with E-state index in [-0.39, 0.29) is 23.5 Å². The Kier molecular flexibility index (Phi) is 7.31. The number of benzene rings is 2. The van der Waals surface area contributed by atoms with Gasteiger partial charge in [0.2, 0.25) is 5.91 Å². The average Bonchev–Trinajstić information content (AvgIpc) is 3.14. The number of carbonyl (C=O) groups is 1. The third-order valence-corrected chi connectivity index (χ3v) is 5.66. The van der Waals surface area contributed by atoms with Gasteiger partial charge in [-0.1, -0.05) is 17.8 Å². The lowest BCUT2D eigenvalue weighted by Crippen LogP contribution is -2.15. The first-order chi connectivity index (χ1) is 15.3. The molecular formula is C21H23N5O5S. The second-order valence-electron chi connectivity index (χ2n) is 6.93. The van der Waals surface area contributed by atoms with Gasteiger partial charge in [0.25, 0.3) is 5.69 Å².